The highest BCUT2D eigenvalue weighted by Crippen LogP contribution is 2.23. The van der Waals surface area contributed by atoms with Gasteiger partial charge < -0.3 is 14.5 Å². The maximum atomic E-state index is 13.5. The van der Waals surface area contributed by atoms with E-state index in [-0.39, 0.29) is 18.2 Å². The highest BCUT2D eigenvalue weighted by molar-refractivity contribution is 9.10. The van der Waals surface area contributed by atoms with E-state index in [0.717, 1.165) is 29.5 Å². The highest BCUT2D eigenvalue weighted by Gasteiger charge is 2.07. The van der Waals surface area contributed by atoms with Gasteiger partial charge in [0.2, 0.25) is 0 Å². The molecule has 2 rings (SSSR count). The normalized spacial score (nSPS) is 10.8. The molecule has 0 aliphatic heterocycles. The lowest BCUT2D eigenvalue weighted by atomic mass is 10.3. The molecule has 2 aromatic rings. The van der Waals surface area contributed by atoms with E-state index in [1.165, 1.54) is 6.07 Å². The molecule has 0 aliphatic carbocycles. The van der Waals surface area contributed by atoms with Crippen LogP contribution in [0.3, 0.4) is 0 Å². The third kappa shape index (κ3) is 4.35. The predicted molar refractivity (Wildman–Crippen MR) is 79.1 cm³/mol. The van der Waals surface area contributed by atoms with Crippen LogP contribution in [-0.2, 0) is 13.2 Å². The van der Waals surface area contributed by atoms with Crippen LogP contribution >= 0.6 is 15.9 Å². The Morgan fingerprint density at radius 2 is 2.20 bits per heavy atom. The summed E-state index contributed by atoms with van der Waals surface area (Å²) in [4.78, 5) is 0. The second-order valence-electron chi connectivity index (χ2n) is 4.46. The molecule has 0 radical (unpaired) electrons. The lowest BCUT2D eigenvalue weighted by Crippen LogP contribution is -2.13. The Morgan fingerprint density at radius 3 is 3.00 bits per heavy atom. The van der Waals surface area contributed by atoms with Crippen molar-refractivity contribution in [1.29, 1.82) is 0 Å². The molecule has 0 saturated carbocycles. The van der Waals surface area contributed by atoms with E-state index in [1.54, 1.807) is 18.4 Å². The van der Waals surface area contributed by atoms with Gasteiger partial charge in [0.15, 0.2) is 11.6 Å². The van der Waals surface area contributed by atoms with E-state index in [9.17, 15) is 4.39 Å². The summed E-state index contributed by atoms with van der Waals surface area (Å²) in [6.07, 6.45) is 2.79. The van der Waals surface area contributed by atoms with Crippen molar-refractivity contribution in [2.75, 3.05) is 6.54 Å². The Bertz CT molecular complexity index is 557. The molecule has 20 heavy (non-hydrogen) atoms. The Kier molecular flexibility index (Phi) is 5.61. The van der Waals surface area contributed by atoms with Crippen molar-refractivity contribution in [2.24, 2.45) is 0 Å². The van der Waals surface area contributed by atoms with Crippen LogP contribution in [0.5, 0.6) is 5.75 Å². The molecule has 0 unspecified atom stereocenters. The second-order valence-corrected chi connectivity index (χ2v) is 5.38. The van der Waals surface area contributed by atoms with Gasteiger partial charge in [-0.05, 0) is 37.2 Å². The minimum Gasteiger partial charge on any atom is -0.483 e. The van der Waals surface area contributed by atoms with Gasteiger partial charge in [0.1, 0.15) is 12.4 Å². The fraction of sp³-hybridized carbons (Fsp3) is 0.333. The second kappa shape index (κ2) is 7.45. The Labute approximate surface area is 126 Å². The molecule has 1 aromatic carbocycles. The molecule has 0 bridgehead atoms. The van der Waals surface area contributed by atoms with Crippen LogP contribution in [0.4, 0.5) is 4.39 Å². The van der Waals surface area contributed by atoms with Gasteiger partial charge >= 0.3 is 0 Å². The summed E-state index contributed by atoms with van der Waals surface area (Å²) in [6, 6.07) is 6.51. The van der Waals surface area contributed by atoms with Crippen molar-refractivity contribution in [2.45, 2.75) is 26.5 Å². The van der Waals surface area contributed by atoms with E-state index in [4.69, 9.17) is 9.15 Å². The quantitative estimate of drug-likeness (QED) is 0.764. The first-order chi connectivity index (χ1) is 9.69. The maximum absolute atomic E-state index is 13.5. The van der Waals surface area contributed by atoms with Crippen molar-refractivity contribution in [3.63, 3.8) is 0 Å². The van der Waals surface area contributed by atoms with Crippen molar-refractivity contribution < 1.29 is 13.5 Å². The van der Waals surface area contributed by atoms with Crippen LogP contribution in [0.25, 0.3) is 0 Å². The van der Waals surface area contributed by atoms with Crippen molar-refractivity contribution in [1.82, 2.24) is 5.32 Å². The average molecular weight is 342 g/mol. The Morgan fingerprint density at radius 1 is 1.35 bits per heavy atom. The predicted octanol–water partition coefficient (Wildman–Crippen LogP) is 4.26. The molecule has 3 nitrogen and oxygen atoms in total. The zero-order valence-electron chi connectivity index (χ0n) is 11.3. The molecule has 1 N–H and O–H groups in total. The third-order valence-corrected chi connectivity index (χ3v) is 3.22. The molecule has 0 saturated heterocycles. The highest BCUT2D eigenvalue weighted by atomic mass is 79.9. The van der Waals surface area contributed by atoms with E-state index in [0.29, 0.717) is 5.76 Å². The first kappa shape index (κ1) is 15.1. The molecule has 1 aromatic heterocycles. The van der Waals surface area contributed by atoms with Crippen LogP contribution in [0, 0.1) is 5.82 Å². The lowest BCUT2D eigenvalue weighted by Gasteiger charge is -2.05. The van der Waals surface area contributed by atoms with Gasteiger partial charge in [-0.25, -0.2) is 4.39 Å². The topological polar surface area (TPSA) is 34.4 Å². The van der Waals surface area contributed by atoms with Gasteiger partial charge in [-0.15, -0.1) is 0 Å². The summed E-state index contributed by atoms with van der Waals surface area (Å²) in [5.74, 6) is 0.503. The fourth-order valence-corrected chi connectivity index (χ4v) is 2.08. The van der Waals surface area contributed by atoms with Gasteiger partial charge in [0.05, 0.1) is 6.26 Å². The third-order valence-electron chi connectivity index (χ3n) is 2.73. The van der Waals surface area contributed by atoms with Gasteiger partial charge in [-0.1, -0.05) is 22.9 Å². The average Bonchev–Trinajstić information content (AvgIpc) is 2.88. The van der Waals surface area contributed by atoms with E-state index >= 15 is 0 Å². The SMILES string of the molecule is CCCNCc1coc(COc2cc(Br)ccc2F)c1. The summed E-state index contributed by atoms with van der Waals surface area (Å²) < 4.78 is 25.1. The lowest BCUT2D eigenvalue weighted by molar-refractivity contribution is 0.258. The molecule has 1 heterocycles. The molecule has 0 aliphatic rings. The van der Waals surface area contributed by atoms with Crippen molar-refractivity contribution in [3.8, 4) is 5.75 Å². The monoisotopic (exact) mass is 341 g/mol. The maximum Gasteiger partial charge on any atom is 0.165 e. The van der Waals surface area contributed by atoms with Crippen LogP contribution in [0.2, 0.25) is 0 Å². The van der Waals surface area contributed by atoms with Crippen LogP contribution in [0.1, 0.15) is 24.7 Å². The Hall–Kier alpha value is -1.33. The minimum absolute atomic E-state index is 0.209. The van der Waals surface area contributed by atoms with Gasteiger partial charge in [0, 0.05) is 16.6 Å². The van der Waals surface area contributed by atoms with E-state index in [1.807, 2.05) is 6.07 Å². The van der Waals surface area contributed by atoms with Crippen LogP contribution in [0.15, 0.2) is 39.4 Å². The van der Waals surface area contributed by atoms with Crippen molar-refractivity contribution in [3.05, 3.63) is 52.1 Å². The summed E-state index contributed by atoms with van der Waals surface area (Å²) in [7, 11) is 0. The van der Waals surface area contributed by atoms with Gasteiger partial charge in [0.25, 0.3) is 0 Å². The molecule has 0 amide bonds. The molecule has 0 atom stereocenters. The number of benzene rings is 1. The summed E-state index contributed by atoms with van der Waals surface area (Å²) >= 11 is 3.28. The molecular weight excluding hydrogens is 325 g/mol. The number of hydrogen-bond donors (Lipinski definition) is 1. The minimum atomic E-state index is -0.385. The first-order valence-corrected chi connectivity index (χ1v) is 7.33. The standard InChI is InChI=1S/C15H17BrFNO2/c1-2-5-18-8-11-6-13(19-9-11)10-20-15-7-12(16)3-4-14(15)17/h3-4,6-7,9,18H,2,5,8,10H2,1H3. The van der Waals surface area contributed by atoms with E-state index < -0.39 is 0 Å². The number of ether oxygens (including phenoxy) is 1. The summed E-state index contributed by atoms with van der Waals surface area (Å²) in [6.45, 7) is 4.07. The number of halogens is 2. The largest absolute Gasteiger partial charge is 0.483 e. The molecular formula is C15H17BrFNO2. The van der Waals surface area contributed by atoms with Crippen molar-refractivity contribution >= 4 is 15.9 Å². The molecule has 0 spiro atoms. The number of nitrogens with one attached hydrogen (secondary N) is 1. The molecule has 0 fully saturated rings. The summed E-state index contributed by atoms with van der Waals surface area (Å²) in [5, 5.41) is 3.29. The smallest absolute Gasteiger partial charge is 0.165 e. The summed E-state index contributed by atoms with van der Waals surface area (Å²) in [5.41, 5.74) is 1.06. The molecule has 108 valence electrons. The number of furan rings is 1. The zero-order chi connectivity index (χ0) is 14.4. The number of rotatable bonds is 7. The molecule has 5 heteroatoms. The van der Waals surface area contributed by atoms with Crippen LogP contribution in [-0.4, -0.2) is 6.54 Å². The van der Waals surface area contributed by atoms with Crippen LogP contribution < -0.4 is 10.1 Å². The first-order valence-electron chi connectivity index (χ1n) is 6.54. The van der Waals surface area contributed by atoms with E-state index in [2.05, 4.69) is 28.2 Å². The fourth-order valence-electron chi connectivity index (χ4n) is 1.74. The number of hydrogen-bond acceptors (Lipinski definition) is 3. The van der Waals surface area contributed by atoms with Gasteiger partial charge in [-0.2, -0.15) is 0 Å². The Balaban J connectivity index is 1.89. The zero-order valence-corrected chi connectivity index (χ0v) is 12.9. The van der Waals surface area contributed by atoms with Gasteiger partial charge in [-0.3, -0.25) is 0 Å².